The van der Waals surface area contributed by atoms with Gasteiger partial charge in [-0.1, -0.05) is 0 Å². The lowest BCUT2D eigenvalue weighted by atomic mass is 10.3. The number of hydrogen-bond donors (Lipinski definition) is 1. The maximum atomic E-state index is 8.47. The molecule has 70 valence electrons. The van der Waals surface area contributed by atoms with Crippen molar-refractivity contribution >= 4 is 5.82 Å². The average molecular weight is 187 g/mol. The van der Waals surface area contributed by atoms with Crippen molar-refractivity contribution in [3.8, 4) is 12.1 Å². The van der Waals surface area contributed by atoms with Gasteiger partial charge in [0.1, 0.15) is 11.9 Å². The topological polar surface area (TPSA) is 85.4 Å². The summed E-state index contributed by atoms with van der Waals surface area (Å²) < 4.78 is 0. The smallest absolute Gasteiger partial charge is 0.158 e. The van der Waals surface area contributed by atoms with E-state index in [-0.39, 0.29) is 0 Å². The van der Waals surface area contributed by atoms with Gasteiger partial charge in [-0.25, -0.2) is 9.97 Å². The normalized spacial score (nSPS) is 8.71. The quantitative estimate of drug-likeness (QED) is 0.712. The summed E-state index contributed by atoms with van der Waals surface area (Å²) >= 11 is 0. The molecule has 1 aromatic heterocycles. The number of rotatable bonds is 4. The maximum Gasteiger partial charge on any atom is 0.158 e. The van der Waals surface area contributed by atoms with E-state index in [1.54, 1.807) is 0 Å². The number of nitrogens with one attached hydrogen (secondary N) is 1. The Balaban J connectivity index is 2.38. The molecule has 0 fully saturated rings. The zero-order chi connectivity index (χ0) is 10.2. The fraction of sp³-hybridized carbons (Fsp3) is 0.333. The summed E-state index contributed by atoms with van der Waals surface area (Å²) in [5.74, 6) is 0.627. The van der Waals surface area contributed by atoms with Crippen molar-refractivity contribution < 1.29 is 0 Å². The van der Waals surface area contributed by atoms with Crippen LogP contribution in [0.4, 0.5) is 5.82 Å². The lowest BCUT2D eigenvalue weighted by Gasteiger charge is -2.01. The van der Waals surface area contributed by atoms with Gasteiger partial charge in [-0.15, -0.1) is 0 Å². The molecule has 1 heterocycles. The van der Waals surface area contributed by atoms with Crippen molar-refractivity contribution in [2.75, 3.05) is 11.9 Å². The molecule has 0 aliphatic heterocycles. The van der Waals surface area contributed by atoms with Crippen LogP contribution in [0.25, 0.3) is 0 Å². The van der Waals surface area contributed by atoms with Gasteiger partial charge >= 0.3 is 0 Å². The number of hydrogen-bond acceptors (Lipinski definition) is 5. The molecule has 1 N–H and O–H groups in total. The van der Waals surface area contributed by atoms with Gasteiger partial charge in [-0.05, 0) is 6.42 Å². The molecule has 0 amide bonds. The molecule has 0 bridgehead atoms. The number of nitriles is 2. The van der Waals surface area contributed by atoms with Gasteiger partial charge in [-0.2, -0.15) is 10.5 Å². The summed E-state index contributed by atoms with van der Waals surface area (Å²) in [6.07, 6.45) is 4.21. The summed E-state index contributed by atoms with van der Waals surface area (Å²) in [5.41, 5.74) is 0.299. The molecule has 0 atom stereocenters. The molecule has 0 aliphatic carbocycles. The molecule has 5 nitrogen and oxygen atoms in total. The van der Waals surface area contributed by atoms with E-state index in [1.807, 2.05) is 6.07 Å². The molecule has 14 heavy (non-hydrogen) atoms. The summed E-state index contributed by atoms with van der Waals surface area (Å²) in [6, 6.07) is 3.94. The maximum absolute atomic E-state index is 8.47. The number of anilines is 1. The molecular formula is C9H9N5. The van der Waals surface area contributed by atoms with Gasteiger partial charge in [0.2, 0.25) is 0 Å². The second-order valence-electron chi connectivity index (χ2n) is 2.59. The second-order valence-corrected chi connectivity index (χ2v) is 2.59. The second kappa shape index (κ2) is 5.50. The molecule has 5 heteroatoms. The Bertz CT molecular complexity index is 356. The van der Waals surface area contributed by atoms with Crippen molar-refractivity contribution in [3.63, 3.8) is 0 Å². The van der Waals surface area contributed by atoms with Crippen LogP contribution in [0, 0.1) is 22.7 Å². The molecule has 1 aromatic rings. The molecule has 0 spiro atoms. The van der Waals surface area contributed by atoms with E-state index in [0.717, 1.165) is 6.42 Å². The average Bonchev–Trinajstić information content (AvgIpc) is 2.25. The Morgan fingerprint density at radius 2 is 2.14 bits per heavy atom. The summed E-state index contributed by atoms with van der Waals surface area (Å²) in [6.45, 7) is 0.689. The van der Waals surface area contributed by atoms with Crippen molar-refractivity contribution in [1.29, 1.82) is 10.5 Å². The zero-order valence-corrected chi connectivity index (χ0v) is 7.56. The molecule has 0 aromatic carbocycles. The lowest BCUT2D eigenvalue weighted by Crippen LogP contribution is -2.03. The van der Waals surface area contributed by atoms with E-state index in [4.69, 9.17) is 10.5 Å². The van der Waals surface area contributed by atoms with E-state index >= 15 is 0 Å². The highest BCUT2D eigenvalue weighted by molar-refractivity contribution is 5.32. The first-order chi connectivity index (χ1) is 6.86. The van der Waals surface area contributed by atoms with Crippen LogP contribution in [-0.2, 0) is 0 Å². The third kappa shape index (κ3) is 3.08. The van der Waals surface area contributed by atoms with Crippen LogP contribution < -0.4 is 5.32 Å². The first-order valence-electron chi connectivity index (χ1n) is 4.20. The predicted molar refractivity (Wildman–Crippen MR) is 50.1 cm³/mol. The number of aromatic nitrogens is 2. The first kappa shape index (κ1) is 9.94. The number of unbranched alkanes of at least 4 members (excludes halogenated alkanes) is 1. The van der Waals surface area contributed by atoms with E-state index in [9.17, 15) is 0 Å². The van der Waals surface area contributed by atoms with Crippen LogP contribution in [-0.4, -0.2) is 16.5 Å². The Kier molecular flexibility index (Phi) is 3.90. The highest BCUT2D eigenvalue weighted by atomic mass is 15.0. The zero-order valence-electron chi connectivity index (χ0n) is 7.56. The number of nitrogens with zero attached hydrogens (tertiary/aromatic N) is 4. The summed E-state index contributed by atoms with van der Waals surface area (Å²) in [4.78, 5) is 7.81. The van der Waals surface area contributed by atoms with Gasteiger partial charge < -0.3 is 5.32 Å². The van der Waals surface area contributed by atoms with Gasteiger partial charge in [0, 0.05) is 13.0 Å². The molecule has 0 unspecified atom stereocenters. The highest BCUT2D eigenvalue weighted by Crippen LogP contribution is 2.00. The van der Waals surface area contributed by atoms with E-state index < -0.39 is 0 Å². The van der Waals surface area contributed by atoms with Crippen molar-refractivity contribution in [2.24, 2.45) is 0 Å². The minimum absolute atomic E-state index is 0.299. The molecule has 0 saturated heterocycles. The van der Waals surface area contributed by atoms with Crippen LogP contribution in [0.5, 0.6) is 0 Å². The van der Waals surface area contributed by atoms with E-state index in [1.165, 1.54) is 12.4 Å². The third-order valence-electron chi connectivity index (χ3n) is 1.54. The highest BCUT2D eigenvalue weighted by Gasteiger charge is 1.94. The van der Waals surface area contributed by atoms with E-state index in [2.05, 4.69) is 21.4 Å². The van der Waals surface area contributed by atoms with Gasteiger partial charge in [0.15, 0.2) is 5.69 Å². The SMILES string of the molecule is N#CCCCNc1cnc(C#N)cn1. The molecule has 0 aliphatic rings. The Morgan fingerprint density at radius 1 is 1.29 bits per heavy atom. The van der Waals surface area contributed by atoms with E-state index in [0.29, 0.717) is 24.5 Å². The fourth-order valence-electron chi connectivity index (χ4n) is 0.861. The molecule has 0 saturated carbocycles. The monoisotopic (exact) mass is 187 g/mol. The Labute approximate surface area is 82.0 Å². The van der Waals surface area contributed by atoms with Crippen LogP contribution in [0.15, 0.2) is 12.4 Å². The van der Waals surface area contributed by atoms with Crippen LogP contribution in [0.3, 0.4) is 0 Å². The molecular weight excluding hydrogens is 178 g/mol. The fourth-order valence-corrected chi connectivity index (χ4v) is 0.861. The van der Waals surface area contributed by atoms with Crippen molar-refractivity contribution in [1.82, 2.24) is 9.97 Å². The minimum atomic E-state index is 0.299. The molecule has 0 radical (unpaired) electrons. The summed E-state index contributed by atoms with van der Waals surface area (Å²) in [7, 11) is 0. The van der Waals surface area contributed by atoms with Gasteiger partial charge in [0.05, 0.1) is 18.5 Å². The van der Waals surface area contributed by atoms with Crippen LogP contribution in [0.2, 0.25) is 0 Å². The van der Waals surface area contributed by atoms with Gasteiger partial charge in [-0.3, -0.25) is 0 Å². The predicted octanol–water partition coefficient (Wildman–Crippen LogP) is 1.06. The first-order valence-corrected chi connectivity index (χ1v) is 4.20. The minimum Gasteiger partial charge on any atom is -0.369 e. The van der Waals surface area contributed by atoms with Crippen molar-refractivity contribution in [2.45, 2.75) is 12.8 Å². The Hall–Kier alpha value is -2.14. The van der Waals surface area contributed by atoms with Gasteiger partial charge in [0.25, 0.3) is 0 Å². The van der Waals surface area contributed by atoms with Crippen molar-refractivity contribution in [3.05, 3.63) is 18.1 Å². The third-order valence-corrected chi connectivity index (χ3v) is 1.54. The Morgan fingerprint density at radius 3 is 2.71 bits per heavy atom. The lowest BCUT2D eigenvalue weighted by molar-refractivity contribution is 0.890. The largest absolute Gasteiger partial charge is 0.369 e. The van der Waals surface area contributed by atoms with Crippen LogP contribution in [0.1, 0.15) is 18.5 Å². The summed E-state index contributed by atoms with van der Waals surface area (Å²) in [5, 5.41) is 19.8. The molecule has 1 rings (SSSR count). The van der Waals surface area contributed by atoms with Crippen LogP contribution >= 0.6 is 0 Å². The standard InChI is InChI=1S/C9H9N5/c10-3-1-2-4-12-9-7-13-8(5-11)6-14-9/h6-7H,1-2,4H2,(H,12,14).